The summed E-state index contributed by atoms with van der Waals surface area (Å²) in [5, 5.41) is 12.9. The van der Waals surface area contributed by atoms with Gasteiger partial charge in [0.1, 0.15) is 11.5 Å². The van der Waals surface area contributed by atoms with Crippen molar-refractivity contribution in [1.82, 2.24) is 15.3 Å². The molecule has 0 aliphatic rings. The lowest BCUT2D eigenvalue weighted by atomic mass is 10.1. The maximum atomic E-state index is 12.2. The highest BCUT2D eigenvalue weighted by Crippen LogP contribution is 2.29. The van der Waals surface area contributed by atoms with Crippen LogP contribution in [0, 0.1) is 13.8 Å². The molecule has 1 heterocycles. The Balaban J connectivity index is 2.04. The standard InChI is InChI=1S/C17H21N3O4/c1-10-7-13(20-11(2)19-10)17(22)18-9-14(21)12-5-6-15(23-3)16(8-12)24-4/h5-8,14,21H,9H2,1-4H3,(H,18,22). The molecule has 0 aliphatic heterocycles. The zero-order chi connectivity index (χ0) is 17.7. The first-order valence-electron chi connectivity index (χ1n) is 7.45. The third-order valence-electron chi connectivity index (χ3n) is 3.45. The molecule has 1 aromatic carbocycles. The lowest BCUT2D eigenvalue weighted by Crippen LogP contribution is -2.29. The summed E-state index contributed by atoms with van der Waals surface area (Å²) in [6.45, 7) is 3.57. The first-order valence-corrected chi connectivity index (χ1v) is 7.45. The second-order valence-electron chi connectivity index (χ2n) is 5.28. The summed E-state index contributed by atoms with van der Waals surface area (Å²) < 4.78 is 10.4. The Morgan fingerprint density at radius 3 is 2.50 bits per heavy atom. The van der Waals surface area contributed by atoms with Gasteiger partial charge in [0, 0.05) is 12.2 Å². The minimum absolute atomic E-state index is 0.0520. The van der Waals surface area contributed by atoms with E-state index in [4.69, 9.17) is 9.47 Å². The van der Waals surface area contributed by atoms with Gasteiger partial charge in [-0.25, -0.2) is 9.97 Å². The van der Waals surface area contributed by atoms with E-state index in [-0.39, 0.29) is 18.1 Å². The predicted octanol–water partition coefficient (Wildman–Crippen LogP) is 1.57. The van der Waals surface area contributed by atoms with Crippen LogP contribution in [0.4, 0.5) is 0 Å². The zero-order valence-electron chi connectivity index (χ0n) is 14.2. The fraction of sp³-hybridized carbons (Fsp3) is 0.353. The Bertz CT molecular complexity index is 714. The van der Waals surface area contributed by atoms with E-state index in [2.05, 4.69) is 15.3 Å². The van der Waals surface area contributed by atoms with Gasteiger partial charge in [-0.2, -0.15) is 0 Å². The average molecular weight is 331 g/mol. The smallest absolute Gasteiger partial charge is 0.270 e. The van der Waals surface area contributed by atoms with Crippen LogP contribution >= 0.6 is 0 Å². The Labute approximate surface area is 140 Å². The van der Waals surface area contributed by atoms with Crippen LogP contribution in [0.3, 0.4) is 0 Å². The molecule has 7 heteroatoms. The van der Waals surface area contributed by atoms with Gasteiger partial charge in [0.25, 0.3) is 5.91 Å². The second kappa shape index (κ2) is 7.74. The molecule has 0 saturated carbocycles. The number of nitrogens with zero attached hydrogens (tertiary/aromatic N) is 2. The van der Waals surface area contributed by atoms with Crippen molar-refractivity contribution in [3.8, 4) is 11.5 Å². The van der Waals surface area contributed by atoms with Crippen LogP contribution < -0.4 is 14.8 Å². The molecule has 0 bridgehead atoms. The number of methoxy groups -OCH3 is 2. The van der Waals surface area contributed by atoms with E-state index in [0.29, 0.717) is 28.6 Å². The van der Waals surface area contributed by atoms with Gasteiger partial charge in [0.15, 0.2) is 11.5 Å². The fourth-order valence-electron chi connectivity index (χ4n) is 2.29. The number of hydrogen-bond acceptors (Lipinski definition) is 6. The largest absolute Gasteiger partial charge is 0.493 e. The zero-order valence-corrected chi connectivity index (χ0v) is 14.2. The summed E-state index contributed by atoms with van der Waals surface area (Å²) in [7, 11) is 3.06. The Morgan fingerprint density at radius 1 is 1.17 bits per heavy atom. The van der Waals surface area contributed by atoms with Gasteiger partial charge in [-0.05, 0) is 37.6 Å². The number of rotatable bonds is 6. The average Bonchev–Trinajstić information content (AvgIpc) is 2.57. The molecule has 2 aromatic rings. The molecule has 0 saturated heterocycles. The Kier molecular flexibility index (Phi) is 5.70. The summed E-state index contributed by atoms with van der Waals surface area (Å²) in [4.78, 5) is 20.4. The van der Waals surface area contributed by atoms with Crippen molar-refractivity contribution >= 4 is 5.91 Å². The maximum Gasteiger partial charge on any atom is 0.270 e. The Morgan fingerprint density at radius 2 is 1.88 bits per heavy atom. The highest BCUT2D eigenvalue weighted by Gasteiger charge is 2.15. The first-order chi connectivity index (χ1) is 11.4. The van der Waals surface area contributed by atoms with E-state index < -0.39 is 6.10 Å². The van der Waals surface area contributed by atoms with Crippen molar-refractivity contribution in [1.29, 1.82) is 0 Å². The number of amides is 1. The van der Waals surface area contributed by atoms with Crippen LogP contribution in [0.2, 0.25) is 0 Å². The molecular weight excluding hydrogens is 310 g/mol. The first kappa shape index (κ1) is 17.7. The van der Waals surface area contributed by atoms with Crippen LogP contribution in [0.25, 0.3) is 0 Å². The quantitative estimate of drug-likeness (QED) is 0.834. The van der Waals surface area contributed by atoms with Gasteiger partial charge in [-0.15, -0.1) is 0 Å². The van der Waals surface area contributed by atoms with Crippen LogP contribution in [-0.4, -0.2) is 41.7 Å². The number of ether oxygens (including phenoxy) is 2. The molecular formula is C17H21N3O4. The number of benzene rings is 1. The number of aliphatic hydroxyl groups excluding tert-OH is 1. The van der Waals surface area contributed by atoms with E-state index in [9.17, 15) is 9.90 Å². The van der Waals surface area contributed by atoms with E-state index in [1.165, 1.54) is 7.11 Å². The third kappa shape index (κ3) is 4.20. The fourth-order valence-corrected chi connectivity index (χ4v) is 2.29. The van der Waals surface area contributed by atoms with Gasteiger partial charge in [-0.1, -0.05) is 6.07 Å². The second-order valence-corrected chi connectivity index (χ2v) is 5.28. The van der Waals surface area contributed by atoms with Crippen molar-refractivity contribution in [3.63, 3.8) is 0 Å². The molecule has 2 N–H and O–H groups in total. The number of aryl methyl sites for hydroxylation is 2. The molecule has 1 atom stereocenters. The van der Waals surface area contributed by atoms with Gasteiger partial charge in [-0.3, -0.25) is 4.79 Å². The summed E-state index contributed by atoms with van der Waals surface area (Å²) in [6, 6.07) is 6.70. The highest BCUT2D eigenvalue weighted by atomic mass is 16.5. The number of carbonyl (C=O) groups is 1. The monoisotopic (exact) mass is 331 g/mol. The van der Waals surface area contributed by atoms with Crippen LogP contribution in [0.1, 0.15) is 33.7 Å². The lowest BCUT2D eigenvalue weighted by molar-refractivity contribution is 0.0910. The number of hydrogen-bond donors (Lipinski definition) is 2. The summed E-state index contributed by atoms with van der Waals surface area (Å²) in [6.07, 6.45) is -0.877. The molecule has 0 radical (unpaired) electrons. The maximum absolute atomic E-state index is 12.2. The van der Waals surface area contributed by atoms with Crippen molar-refractivity contribution < 1.29 is 19.4 Å². The Hall–Kier alpha value is -2.67. The number of aliphatic hydroxyl groups is 1. The number of aromatic nitrogens is 2. The normalized spacial score (nSPS) is 11.7. The molecule has 2 rings (SSSR count). The lowest BCUT2D eigenvalue weighted by Gasteiger charge is -2.15. The number of nitrogens with one attached hydrogen (secondary N) is 1. The molecule has 128 valence electrons. The van der Waals surface area contributed by atoms with Gasteiger partial charge in [0.2, 0.25) is 0 Å². The third-order valence-corrected chi connectivity index (χ3v) is 3.45. The topological polar surface area (TPSA) is 93.6 Å². The van der Waals surface area contributed by atoms with Gasteiger partial charge < -0.3 is 19.9 Å². The van der Waals surface area contributed by atoms with E-state index in [1.807, 2.05) is 0 Å². The molecule has 0 fully saturated rings. The van der Waals surface area contributed by atoms with Crippen LogP contribution in [0.5, 0.6) is 11.5 Å². The molecule has 1 unspecified atom stereocenters. The van der Waals surface area contributed by atoms with Gasteiger partial charge in [0.05, 0.1) is 20.3 Å². The van der Waals surface area contributed by atoms with E-state index in [1.54, 1.807) is 45.2 Å². The van der Waals surface area contributed by atoms with E-state index in [0.717, 1.165) is 0 Å². The molecule has 0 spiro atoms. The van der Waals surface area contributed by atoms with Crippen LogP contribution in [0.15, 0.2) is 24.3 Å². The highest BCUT2D eigenvalue weighted by molar-refractivity contribution is 5.92. The molecule has 1 aromatic heterocycles. The number of carbonyl (C=O) groups excluding carboxylic acids is 1. The molecule has 1 amide bonds. The van der Waals surface area contributed by atoms with Crippen molar-refractivity contribution in [2.24, 2.45) is 0 Å². The summed E-state index contributed by atoms with van der Waals surface area (Å²) >= 11 is 0. The summed E-state index contributed by atoms with van der Waals surface area (Å²) in [5.41, 5.74) is 1.61. The minimum atomic E-state index is -0.877. The minimum Gasteiger partial charge on any atom is -0.493 e. The van der Waals surface area contributed by atoms with Crippen molar-refractivity contribution in [2.45, 2.75) is 20.0 Å². The van der Waals surface area contributed by atoms with E-state index >= 15 is 0 Å². The summed E-state index contributed by atoms with van der Waals surface area (Å²) in [5.74, 6) is 1.26. The molecule has 24 heavy (non-hydrogen) atoms. The van der Waals surface area contributed by atoms with Crippen LogP contribution in [-0.2, 0) is 0 Å². The van der Waals surface area contributed by atoms with Crippen molar-refractivity contribution in [3.05, 3.63) is 47.0 Å². The molecule has 0 aliphatic carbocycles. The molecule has 7 nitrogen and oxygen atoms in total. The van der Waals surface area contributed by atoms with Crippen molar-refractivity contribution in [2.75, 3.05) is 20.8 Å². The van der Waals surface area contributed by atoms with Gasteiger partial charge >= 0.3 is 0 Å². The predicted molar refractivity (Wildman–Crippen MR) is 88.3 cm³/mol. The SMILES string of the molecule is COc1ccc(C(O)CNC(=O)c2cc(C)nc(C)n2)cc1OC.